The van der Waals surface area contributed by atoms with Crippen LogP contribution in [0.2, 0.25) is 0 Å². The van der Waals surface area contributed by atoms with Gasteiger partial charge in [0, 0.05) is 13.0 Å². The largest absolute Gasteiger partial charge is 0.481 e. The molecular weight excluding hydrogens is 218 g/mol. The summed E-state index contributed by atoms with van der Waals surface area (Å²) in [6.07, 6.45) is 7.09. The zero-order valence-electron chi connectivity index (χ0n) is 10.2. The first-order chi connectivity index (χ1) is 8.08. The van der Waals surface area contributed by atoms with Crippen LogP contribution in [-0.4, -0.2) is 23.5 Å². The number of carboxylic acid groups (broad SMARTS) is 1. The van der Waals surface area contributed by atoms with Gasteiger partial charge in [-0.05, 0) is 18.3 Å². The van der Waals surface area contributed by atoms with Crippen molar-refractivity contribution in [2.75, 3.05) is 6.54 Å². The molecule has 0 bridgehead atoms. The van der Waals surface area contributed by atoms with E-state index in [0.717, 1.165) is 25.7 Å². The highest BCUT2D eigenvalue weighted by molar-refractivity contribution is 5.77. The minimum atomic E-state index is -0.773. The van der Waals surface area contributed by atoms with Gasteiger partial charge in [-0.15, -0.1) is 6.58 Å². The highest BCUT2D eigenvalue weighted by Gasteiger charge is 2.34. The molecule has 1 fully saturated rings. The smallest absolute Gasteiger partial charge is 0.303 e. The predicted octanol–water partition coefficient (Wildman–Crippen LogP) is 2.10. The Hall–Kier alpha value is -1.32. The normalized spacial score (nSPS) is 18.4. The molecule has 17 heavy (non-hydrogen) atoms. The van der Waals surface area contributed by atoms with E-state index in [-0.39, 0.29) is 17.7 Å². The summed E-state index contributed by atoms with van der Waals surface area (Å²) in [6, 6.07) is 0. The highest BCUT2D eigenvalue weighted by atomic mass is 16.4. The van der Waals surface area contributed by atoms with E-state index in [9.17, 15) is 9.59 Å². The summed E-state index contributed by atoms with van der Waals surface area (Å²) in [5, 5.41) is 11.8. The summed E-state index contributed by atoms with van der Waals surface area (Å²) < 4.78 is 0. The number of carboxylic acids is 1. The quantitative estimate of drug-likeness (QED) is 0.697. The number of carbonyl (C=O) groups is 2. The summed E-state index contributed by atoms with van der Waals surface area (Å²) in [6.45, 7) is 3.98. The van der Waals surface area contributed by atoms with Gasteiger partial charge in [-0.1, -0.05) is 25.3 Å². The second-order valence-electron chi connectivity index (χ2n) is 4.90. The molecule has 0 radical (unpaired) electrons. The Balaban J connectivity index is 2.53. The molecule has 96 valence electrons. The van der Waals surface area contributed by atoms with Crippen molar-refractivity contribution >= 4 is 11.9 Å². The Labute approximate surface area is 102 Å². The molecule has 0 heterocycles. The van der Waals surface area contributed by atoms with E-state index < -0.39 is 5.97 Å². The summed E-state index contributed by atoms with van der Waals surface area (Å²) in [4.78, 5) is 22.3. The van der Waals surface area contributed by atoms with Crippen molar-refractivity contribution in [1.82, 2.24) is 5.32 Å². The third-order valence-electron chi connectivity index (χ3n) is 3.43. The minimum absolute atomic E-state index is 0.0738. The van der Waals surface area contributed by atoms with Crippen LogP contribution in [0.5, 0.6) is 0 Å². The molecule has 0 aliphatic heterocycles. The van der Waals surface area contributed by atoms with Crippen molar-refractivity contribution in [3.8, 4) is 0 Å². The van der Waals surface area contributed by atoms with Gasteiger partial charge in [0.15, 0.2) is 0 Å². The number of aliphatic carboxylic acids is 1. The Morgan fingerprint density at radius 3 is 2.47 bits per heavy atom. The monoisotopic (exact) mass is 239 g/mol. The Morgan fingerprint density at radius 1 is 1.29 bits per heavy atom. The Morgan fingerprint density at radius 2 is 1.94 bits per heavy atom. The first-order valence-electron chi connectivity index (χ1n) is 6.17. The molecule has 0 aromatic heterocycles. The summed E-state index contributed by atoms with van der Waals surface area (Å²) >= 11 is 0. The maximum Gasteiger partial charge on any atom is 0.303 e. The lowest BCUT2D eigenvalue weighted by molar-refractivity contribution is -0.140. The number of nitrogens with one attached hydrogen (secondary N) is 1. The van der Waals surface area contributed by atoms with Gasteiger partial charge in [0.1, 0.15) is 0 Å². The van der Waals surface area contributed by atoms with Crippen LogP contribution in [0.25, 0.3) is 0 Å². The van der Waals surface area contributed by atoms with Gasteiger partial charge in [0.2, 0.25) is 5.91 Å². The minimum Gasteiger partial charge on any atom is -0.481 e. The van der Waals surface area contributed by atoms with Crippen LogP contribution in [0, 0.1) is 5.41 Å². The Bertz CT molecular complexity index is 293. The molecule has 0 aromatic carbocycles. The van der Waals surface area contributed by atoms with Gasteiger partial charge in [-0.2, -0.15) is 0 Å². The van der Waals surface area contributed by atoms with Crippen LogP contribution in [-0.2, 0) is 9.59 Å². The molecule has 1 saturated carbocycles. The fraction of sp³-hybridized carbons (Fsp3) is 0.692. The maximum absolute atomic E-state index is 11.4. The number of carbonyl (C=O) groups excluding carboxylic acids is 1. The lowest BCUT2D eigenvalue weighted by Crippen LogP contribution is -2.40. The summed E-state index contributed by atoms with van der Waals surface area (Å²) in [5.74, 6) is -0.847. The van der Waals surface area contributed by atoms with Crippen LogP contribution >= 0.6 is 0 Å². The van der Waals surface area contributed by atoms with Crippen molar-refractivity contribution in [3.05, 3.63) is 12.7 Å². The first-order valence-corrected chi connectivity index (χ1v) is 6.17. The van der Waals surface area contributed by atoms with E-state index in [4.69, 9.17) is 5.11 Å². The van der Waals surface area contributed by atoms with Crippen molar-refractivity contribution in [2.24, 2.45) is 5.41 Å². The average molecular weight is 239 g/mol. The number of rotatable bonds is 6. The molecule has 4 heteroatoms. The van der Waals surface area contributed by atoms with Gasteiger partial charge in [0.05, 0.1) is 6.42 Å². The van der Waals surface area contributed by atoms with E-state index >= 15 is 0 Å². The molecule has 1 amide bonds. The van der Waals surface area contributed by atoms with E-state index in [1.165, 1.54) is 6.42 Å². The molecule has 0 aromatic rings. The second kappa shape index (κ2) is 6.42. The standard InChI is InChI=1S/C13H21NO3/c1-2-6-11(15)14-10-13(9-12(16)17)7-4-3-5-8-13/h2H,1,3-10H2,(H,14,15)(H,16,17). The summed E-state index contributed by atoms with van der Waals surface area (Å²) in [5.41, 5.74) is -0.235. The molecule has 4 nitrogen and oxygen atoms in total. The van der Waals surface area contributed by atoms with Gasteiger partial charge in [0.25, 0.3) is 0 Å². The topological polar surface area (TPSA) is 66.4 Å². The van der Waals surface area contributed by atoms with Crippen molar-refractivity contribution in [3.63, 3.8) is 0 Å². The Kier molecular flexibility index (Phi) is 5.19. The SMILES string of the molecule is C=CCC(=O)NCC1(CC(=O)O)CCCCC1. The first kappa shape index (κ1) is 13.7. The van der Waals surface area contributed by atoms with Gasteiger partial charge in [-0.3, -0.25) is 9.59 Å². The molecule has 2 N–H and O–H groups in total. The lowest BCUT2D eigenvalue weighted by atomic mass is 9.71. The fourth-order valence-electron chi connectivity index (χ4n) is 2.53. The molecule has 0 atom stereocenters. The van der Waals surface area contributed by atoms with Crippen molar-refractivity contribution in [1.29, 1.82) is 0 Å². The molecule has 0 spiro atoms. The van der Waals surface area contributed by atoms with Crippen LogP contribution in [0.4, 0.5) is 0 Å². The number of hydrogen-bond acceptors (Lipinski definition) is 2. The zero-order valence-corrected chi connectivity index (χ0v) is 10.2. The van der Waals surface area contributed by atoms with Gasteiger partial charge < -0.3 is 10.4 Å². The van der Waals surface area contributed by atoms with Gasteiger partial charge >= 0.3 is 5.97 Å². The zero-order chi connectivity index (χ0) is 12.7. The van der Waals surface area contributed by atoms with E-state index in [2.05, 4.69) is 11.9 Å². The molecule has 0 unspecified atom stereocenters. The third-order valence-corrected chi connectivity index (χ3v) is 3.43. The predicted molar refractivity (Wildman–Crippen MR) is 65.6 cm³/mol. The maximum atomic E-state index is 11.4. The molecule has 0 saturated heterocycles. The van der Waals surface area contributed by atoms with E-state index in [1.54, 1.807) is 6.08 Å². The van der Waals surface area contributed by atoms with Crippen molar-refractivity contribution < 1.29 is 14.7 Å². The van der Waals surface area contributed by atoms with Gasteiger partial charge in [-0.25, -0.2) is 0 Å². The van der Waals surface area contributed by atoms with Crippen molar-refractivity contribution in [2.45, 2.75) is 44.9 Å². The fourth-order valence-corrected chi connectivity index (χ4v) is 2.53. The lowest BCUT2D eigenvalue weighted by Gasteiger charge is -2.36. The third kappa shape index (κ3) is 4.59. The van der Waals surface area contributed by atoms with Crippen LogP contribution in [0.3, 0.4) is 0 Å². The van der Waals surface area contributed by atoms with E-state index in [1.807, 2.05) is 0 Å². The van der Waals surface area contributed by atoms with E-state index in [0.29, 0.717) is 13.0 Å². The van der Waals surface area contributed by atoms with Crippen LogP contribution in [0.15, 0.2) is 12.7 Å². The van der Waals surface area contributed by atoms with Crippen LogP contribution < -0.4 is 5.32 Å². The molecule has 1 rings (SSSR count). The average Bonchev–Trinajstić information content (AvgIpc) is 2.27. The summed E-state index contributed by atoms with van der Waals surface area (Å²) in [7, 11) is 0. The van der Waals surface area contributed by atoms with Crippen LogP contribution in [0.1, 0.15) is 44.9 Å². The number of hydrogen-bond donors (Lipinski definition) is 2. The molecular formula is C13H21NO3. The highest BCUT2D eigenvalue weighted by Crippen LogP contribution is 2.38. The second-order valence-corrected chi connectivity index (χ2v) is 4.90. The number of amides is 1. The molecule has 1 aliphatic carbocycles. The molecule has 1 aliphatic rings.